The van der Waals surface area contributed by atoms with Crippen LogP contribution in [0.3, 0.4) is 0 Å². The fourth-order valence-electron chi connectivity index (χ4n) is 1.96. The molecular weight excluding hydrogens is 252 g/mol. The first-order valence-electron chi connectivity index (χ1n) is 6.23. The van der Waals surface area contributed by atoms with Gasteiger partial charge in [0.15, 0.2) is 0 Å². The molecule has 0 atom stereocenters. The van der Waals surface area contributed by atoms with Gasteiger partial charge in [-0.15, -0.1) is 6.42 Å². The van der Waals surface area contributed by atoms with Crippen molar-refractivity contribution in [2.75, 3.05) is 11.9 Å². The molecule has 0 fully saturated rings. The summed E-state index contributed by atoms with van der Waals surface area (Å²) in [6.45, 7) is 0.610. The number of rotatable bonds is 5. The highest BCUT2D eigenvalue weighted by atomic mass is 16.6. The summed E-state index contributed by atoms with van der Waals surface area (Å²) in [6.07, 6.45) is 5.92. The third kappa shape index (κ3) is 3.36. The summed E-state index contributed by atoms with van der Waals surface area (Å²) < 4.78 is 0. The number of terminal acetylenes is 1. The van der Waals surface area contributed by atoms with Crippen LogP contribution in [0.2, 0.25) is 0 Å². The molecule has 4 nitrogen and oxygen atoms in total. The summed E-state index contributed by atoms with van der Waals surface area (Å²) in [5.41, 5.74) is 2.60. The molecule has 20 heavy (non-hydrogen) atoms. The van der Waals surface area contributed by atoms with Gasteiger partial charge in [-0.3, -0.25) is 10.1 Å². The summed E-state index contributed by atoms with van der Waals surface area (Å²) in [5, 5.41) is 14.1. The number of hydrogen-bond donors (Lipinski definition) is 1. The van der Waals surface area contributed by atoms with Gasteiger partial charge < -0.3 is 5.32 Å². The average Bonchev–Trinajstić information content (AvgIpc) is 2.48. The number of anilines is 1. The molecule has 0 saturated heterocycles. The second kappa shape index (κ2) is 6.39. The minimum atomic E-state index is -0.353. The maximum atomic E-state index is 10.9. The second-order valence-electron chi connectivity index (χ2n) is 4.29. The van der Waals surface area contributed by atoms with Crippen LogP contribution >= 0.6 is 0 Å². The predicted molar refractivity (Wildman–Crippen MR) is 79.7 cm³/mol. The summed E-state index contributed by atoms with van der Waals surface area (Å²) in [7, 11) is 0. The lowest BCUT2D eigenvalue weighted by Crippen LogP contribution is -2.06. The first-order chi connectivity index (χ1) is 9.70. The molecule has 2 aromatic rings. The lowest BCUT2D eigenvalue weighted by atomic mass is 10.1. The number of benzene rings is 2. The SMILES string of the molecule is C#Cc1cccc(NCCc2ccccc2[N+](=O)[O-])c1. The fraction of sp³-hybridized carbons (Fsp3) is 0.125. The van der Waals surface area contributed by atoms with E-state index >= 15 is 0 Å². The number of nitro benzene ring substituents is 1. The molecule has 2 rings (SSSR count). The molecule has 0 amide bonds. The third-order valence-electron chi connectivity index (χ3n) is 2.94. The van der Waals surface area contributed by atoms with Crippen LogP contribution < -0.4 is 5.32 Å². The first kappa shape index (κ1) is 13.6. The maximum absolute atomic E-state index is 10.9. The van der Waals surface area contributed by atoms with Crippen LogP contribution in [-0.2, 0) is 6.42 Å². The largest absolute Gasteiger partial charge is 0.385 e. The second-order valence-corrected chi connectivity index (χ2v) is 4.29. The normalized spacial score (nSPS) is 9.75. The summed E-state index contributed by atoms with van der Waals surface area (Å²) in [6, 6.07) is 14.3. The van der Waals surface area contributed by atoms with Crippen LogP contribution in [0, 0.1) is 22.5 Å². The molecule has 0 aliphatic carbocycles. The van der Waals surface area contributed by atoms with Gasteiger partial charge in [0.1, 0.15) is 0 Å². The van der Waals surface area contributed by atoms with Crippen molar-refractivity contribution in [1.82, 2.24) is 0 Å². The van der Waals surface area contributed by atoms with Crippen molar-refractivity contribution >= 4 is 11.4 Å². The summed E-state index contributed by atoms with van der Waals surface area (Å²) in [5.74, 6) is 2.57. The Morgan fingerprint density at radius 1 is 1.20 bits per heavy atom. The number of nitro groups is 1. The molecule has 0 aliphatic heterocycles. The molecule has 0 unspecified atom stereocenters. The molecule has 0 heterocycles. The van der Waals surface area contributed by atoms with Crippen molar-refractivity contribution < 1.29 is 4.92 Å². The topological polar surface area (TPSA) is 55.2 Å². The highest BCUT2D eigenvalue weighted by Crippen LogP contribution is 2.18. The number of hydrogen-bond acceptors (Lipinski definition) is 3. The Balaban J connectivity index is 2.00. The molecule has 0 bridgehead atoms. The van der Waals surface area contributed by atoms with Gasteiger partial charge in [-0.2, -0.15) is 0 Å². The number of nitrogens with one attached hydrogen (secondary N) is 1. The van der Waals surface area contributed by atoms with E-state index in [0.29, 0.717) is 13.0 Å². The predicted octanol–water partition coefficient (Wildman–Crippen LogP) is 3.23. The zero-order chi connectivity index (χ0) is 14.4. The van der Waals surface area contributed by atoms with Crippen molar-refractivity contribution in [3.05, 3.63) is 69.8 Å². The van der Waals surface area contributed by atoms with Crippen LogP contribution in [0.25, 0.3) is 0 Å². The Labute approximate surface area is 117 Å². The lowest BCUT2D eigenvalue weighted by Gasteiger charge is -2.07. The molecule has 2 aromatic carbocycles. The highest BCUT2D eigenvalue weighted by molar-refractivity contribution is 5.50. The number of nitrogens with zero attached hydrogens (tertiary/aromatic N) is 1. The summed E-state index contributed by atoms with van der Waals surface area (Å²) in [4.78, 5) is 10.5. The average molecular weight is 266 g/mol. The van der Waals surface area contributed by atoms with Crippen molar-refractivity contribution in [3.63, 3.8) is 0 Å². The minimum Gasteiger partial charge on any atom is -0.385 e. The Bertz CT molecular complexity index is 660. The Kier molecular flexibility index (Phi) is 4.35. The van der Waals surface area contributed by atoms with E-state index in [9.17, 15) is 10.1 Å². The molecule has 4 heteroatoms. The molecule has 100 valence electrons. The fourth-order valence-corrected chi connectivity index (χ4v) is 1.96. The van der Waals surface area contributed by atoms with E-state index in [1.807, 2.05) is 24.3 Å². The smallest absolute Gasteiger partial charge is 0.272 e. The van der Waals surface area contributed by atoms with E-state index in [1.54, 1.807) is 18.2 Å². The van der Waals surface area contributed by atoms with Crippen molar-refractivity contribution in [2.45, 2.75) is 6.42 Å². The minimum absolute atomic E-state index is 0.159. The van der Waals surface area contributed by atoms with Gasteiger partial charge in [-0.1, -0.05) is 30.2 Å². The quantitative estimate of drug-likeness (QED) is 0.513. The molecule has 0 spiro atoms. The Hall–Kier alpha value is -2.80. The van der Waals surface area contributed by atoms with E-state index in [-0.39, 0.29) is 10.6 Å². The number of para-hydroxylation sites is 1. The Morgan fingerprint density at radius 2 is 2.00 bits per heavy atom. The lowest BCUT2D eigenvalue weighted by molar-refractivity contribution is -0.385. The van der Waals surface area contributed by atoms with E-state index < -0.39 is 0 Å². The zero-order valence-electron chi connectivity index (χ0n) is 10.9. The third-order valence-corrected chi connectivity index (χ3v) is 2.94. The molecule has 0 radical (unpaired) electrons. The van der Waals surface area contributed by atoms with Crippen molar-refractivity contribution in [2.24, 2.45) is 0 Å². The Morgan fingerprint density at radius 3 is 2.75 bits per heavy atom. The van der Waals surface area contributed by atoms with Crippen LogP contribution in [0.15, 0.2) is 48.5 Å². The molecule has 0 aromatic heterocycles. The molecule has 0 saturated carbocycles. The van der Waals surface area contributed by atoms with Gasteiger partial charge in [-0.05, 0) is 24.6 Å². The van der Waals surface area contributed by atoms with E-state index in [1.165, 1.54) is 6.07 Å². The van der Waals surface area contributed by atoms with Gasteiger partial charge >= 0.3 is 0 Å². The van der Waals surface area contributed by atoms with Crippen molar-refractivity contribution in [1.29, 1.82) is 0 Å². The van der Waals surface area contributed by atoms with Crippen LogP contribution in [0.5, 0.6) is 0 Å². The zero-order valence-corrected chi connectivity index (χ0v) is 10.9. The van der Waals surface area contributed by atoms with E-state index in [0.717, 1.165) is 16.8 Å². The van der Waals surface area contributed by atoms with Crippen LogP contribution in [0.1, 0.15) is 11.1 Å². The van der Waals surface area contributed by atoms with Gasteiger partial charge in [0.05, 0.1) is 4.92 Å². The van der Waals surface area contributed by atoms with E-state index in [4.69, 9.17) is 6.42 Å². The molecular formula is C16H14N2O2. The van der Waals surface area contributed by atoms with Crippen molar-refractivity contribution in [3.8, 4) is 12.3 Å². The van der Waals surface area contributed by atoms with Crippen LogP contribution in [-0.4, -0.2) is 11.5 Å². The molecule has 1 N–H and O–H groups in total. The monoisotopic (exact) mass is 266 g/mol. The van der Waals surface area contributed by atoms with Gasteiger partial charge in [-0.25, -0.2) is 0 Å². The van der Waals surface area contributed by atoms with Gasteiger partial charge in [0.2, 0.25) is 0 Å². The first-order valence-corrected chi connectivity index (χ1v) is 6.23. The standard InChI is InChI=1S/C16H14N2O2/c1-2-13-6-5-8-15(12-13)17-11-10-14-7-3-4-9-16(14)18(19)20/h1,3-9,12,17H,10-11H2. The maximum Gasteiger partial charge on any atom is 0.272 e. The molecule has 0 aliphatic rings. The summed E-state index contributed by atoms with van der Waals surface area (Å²) >= 11 is 0. The highest BCUT2D eigenvalue weighted by Gasteiger charge is 2.11. The van der Waals surface area contributed by atoms with E-state index in [2.05, 4.69) is 11.2 Å². The van der Waals surface area contributed by atoms with Gasteiger partial charge in [0, 0.05) is 29.4 Å². The van der Waals surface area contributed by atoms with Crippen LogP contribution in [0.4, 0.5) is 11.4 Å². The van der Waals surface area contributed by atoms with Gasteiger partial charge in [0.25, 0.3) is 5.69 Å².